The van der Waals surface area contributed by atoms with Crippen molar-refractivity contribution in [2.75, 3.05) is 17.3 Å². The minimum absolute atomic E-state index is 0.0910. The number of anilines is 2. The zero-order chi connectivity index (χ0) is 23.5. The number of nitrogens with one attached hydrogen (secondary N) is 1. The first kappa shape index (κ1) is 22.4. The van der Waals surface area contributed by atoms with Crippen molar-refractivity contribution >= 4 is 23.2 Å². The lowest BCUT2D eigenvalue weighted by molar-refractivity contribution is -0.126. The van der Waals surface area contributed by atoms with E-state index in [9.17, 15) is 22.8 Å². The van der Waals surface area contributed by atoms with Crippen LogP contribution in [0.5, 0.6) is 5.75 Å². The van der Waals surface area contributed by atoms with Crippen molar-refractivity contribution in [2.24, 2.45) is 5.92 Å². The highest BCUT2D eigenvalue weighted by molar-refractivity contribution is 6.00. The predicted molar refractivity (Wildman–Crippen MR) is 117 cm³/mol. The molecule has 1 heterocycles. The van der Waals surface area contributed by atoms with E-state index in [0.717, 1.165) is 12.1 Å². The summed E-state index contributed by atoms with van der Waals surface area (Å²) >= 11 is 0. The quantitative estimate of drug-likeness (QED) is 0.574. The highest BCUT2D eigenvalue weighted by Crippen LogP contribution is 2.41. The van der Waals surface area contributed by atoms with Gasteiger partial charge < -0.3 is 15.0 Å². The number of hydrogen-bond acceptors (Lipinski definition) is 3. The highest BCUT2D eigenvalue weighted by atomic mass is 19.1. The monoisotopic (exact) mass is 454 g/mol. The molecule has 33 heavy (non-hydrogen) atoms. The Morgan fingerprint density at radius 2 is 1.64 bits per heavy atom. The van der Waals surface area contributed by atoms with Crippen LogP contribution in [0.2, 0.25) is 0 Å². The molecule has 0 saturated carbocycles. The second kappa shape index (κ2) is 9.36. The molecule has 0 spiro atoms. The largest absolute Gasteiger partial charge is 0.497 e. The number of ether oxygens (including phenoxy) is 1. The van der Waals surface area contributed by atoms with Crippen molar-refractivity contribution in [3.8, 4) is 5.75 Å². The minimum Gasteiger partial charge on any atom is -0.497 e. The summed E-state index contributed by atoms with van der Waals surface area (Å²) in [5.41, 5.74) is 0.938. The van der Waals surface area contributed by atoms with E-state index in [1.54, 1.807) is 24.3 Å². The van der Waals surface area contributed by atoms with E-state index in [0.29, 0.717) is 23.1 Å². The van der Waals surface area contributed by atoms with Crippen LogP contribution in [0.4, 0.5) is 24.5 Å². The van der Waals surface area contributed by atoms with Gasteiger partial charge in [-0.3, -0.25) is 9.59 Å². The lowest BCUT2D eigenvalue weighted by atomic mass is 9.83. The molecule has 0 aromatic heterocycles. The molecule has 2 amide bonds. The Bertz CT molecular complexity index is 1170. The van der Waals surface area contributed by atoms with E-state index in [1.165, 1.54) is 36.3 Å². The van der Waals surface area contributed by atoms with Gasteiger partial charge in [-0.25, -0.2) is 13.2 Å². The van der Waals surface area contributed by atoms with Crippen LogP contribution < -0.4 is 15.0 Å². The van der Waals surface area contributed by atoms with Gasteiger partial charge in [-0.1, -0.05) is 12.1 Å². The number of carbonyl (C=O) groups excluding carboxylic acids is 2. The van der Waals surface area contributed by atoms with Gasteiger partial charge in [-0.05, 0) is 60.5 Å². The molecule has 1 fully saturated rings. The SMILES string of the molecule is COc1ccc(N2C(=O)CC[C@@H](C(=O)Nc3ccc(F)cc3F)[C@H]2c2ccc(F)cc2)cc1. The normalized spacial score (nSPS) is 18.2. The summed E-state index contributed by atoms with van der Waals surface area (Å²) in [6, 6.07) is 14.5. The van der Waals surface area contributed by atoms with E-state index >= 15 is 0 Å². The standard InChI is InChI=1S/C25H21F3N2O3/c1-33-19-9-7-18(8-10-19)30-23(31)13-11-20(24(30)15-2-4-16(26)5-3-15)25(32)29-22-12-6-17(27)14-21(22)28/h2-10,12,14,20,24H,11,13H2,1H3,(H,29,32)/t20-,24-/m1/s1. The zero-order valence-electron chi connectivity index (χ0n) is 17.7. The molecule has 4 rings (SSSR count). The molecule has 170 valence electrons. The van der Waals surface area contributed by atoms with Crippen molar-refractivity contribution in [1.82, 2.24) is 0 Å². The van der Waals surface area contributed by atoms with Gasteiger partial charge in [0, 0.05) is 18.2 Å². The molecule has 5 nitrogen and oxygen atoms in total. The van der Waals surface area contributed by atoms with Crippen LogP contribution in [-0.2, 0) is 9.59 Å². The molecular weight excluding hydrogens is 433 g/mol. The van der Waals surface area contributed by atoms with Crippen LogP contribution in [0.1, 0.15) is 24.4 Å². The number of piperidine rings is 1. The van der Waals surface area contributed by atoms with E-state index in [2.05, 4.69) is 5.32 Å². The van der Waals surface area contributed by atoms with Crippen molar-refractivity contribution in [3.63, 3.8) is 0 Å². The van der Waals surface area contributed by atoms with Crippen LogP contribution in [0.3, 0.4) is 0 Å². The number of methoxy groups -OCH3 is 1. The predicted octanol–water partition coefficient (Wildman–Crippen LogP) is 5.24. The summed E-state index contributed by atoms with van der Waals surface area (Å²) in [6.07, 6.45) is 0.301. The van der Waals surface area contributed by atoms with Gasteiger partial charge in [0.25, 0.3) is 0 Å². The maximum absolute atomic E-state index is 14.1. The van der Waals surface area contributed by atoms with E-state index in [-0.39, 0.29) is 24.4 Å². The van der Waals surface area contributed by atoms with Crippen molar-refractivity contribution < 1.29 is 27.5 Å². The molecular formula is C25H21F3N2O3. The van der Waals surface area contributed by atoms with Crippen molar-refractivity contribution in [3.05, 3.63) is 89.7 Å². The summed E-state index contributed by atoms with van der Waals surface area (Å²) in [6.45, 7) is 0. The first-order chi connectivity index (χ1) is 15.9. The van der Waals surface area contributed by atoms with Gasteiger partial charge >= 0.3 is 0 Å². The third kappa shape index (κ3) is 4.69. The molecule has 0 aliphatic carbocycles. The molecule has 0 unspecified atom stereocenters. The zero-order valence-corrected chi connectivity index (χ0v) is 17.7. The van der Waals surface area contributed by atoms with Crippen molar-refractivity contribution in [1.29, 1.82) is 0 Å². The Balaban J connectivity index is 1.73. The number of benzene rings is 3. The lowest BCUT2D eigenvalue weighted by Gasteiger charge is -2.41. The van der Waals surface area contributed by atoms with E-state index in [4.69, 9.17) is 4.74 Å². The fraction of sp³-hybridized carbons (Fsp3) is 0.200. The smallest absolute Gasteiger partial charge is 0.230 e. The topological polar surface area (TPSA) is 58.6 Å². The first-order valence-corrected chi connectivity index (χ1v) is 10.3. The molecule has 1 aliphatic heterocycles. The van der Waals surface area contributed by atoms with Gasteiger partial charge in [-0.2, -0.15) is 0 Å². The molecule has 1 aliphatic rings. The van der Waals surface area contributed by atoms with Gasteiger partial charge in [0.2, 0.25) is 11.8 Å². The summed E-state index contributed by atoms with van der Waals surface area (Å²) in [5, 5.41) is 2.51. The van der Waals surface area contributed by atoms with E-state index < -0.39 is 35.3 Å². The molecule has 1 saturated heterocycles. The lowest BCUT2D eigenvalue weighted by Crippen LogP contribution is -2.47. The van der Waals surface area contributed by atoms with Gasteiger partial charge in [0.1, 0.15) is 23.2 Å². The maximum Gasteiger partial charge on any atom is 0.230 e. The minimum atomic E-state index is -0.902. The highest BCUT2D eigenvalue weighted by Gasteiger charge is 2.41. The van der Waals surface area contributed by atoms with Crippen LogP contribution in [0, 0.1) is 23.4 Å². The third-order valence-electron chi connectivity index (χ3n) is 5.69. The molecule has 3 aromatic rings. The average molecular weight is 454 g/mol. The molecule has 8 heteroatoms. The van der Waals surface area contributed by atoms with Crippen LogP contribution in [-0.4, -0.2) is 18.9 Å². The maximum atomic E-state index is 14.1. The first-order valence-electron chi connectivity index (χ1n) is 10.3. The average Bonchev–Trinajstić information content (AvgIpc) is 2.81. The molecule has 0 bridgehead atoms. The second-order valence-electron chi connectivity index (χ2n) is 7.72. The summed E-state index contributed by atoms with van der Waals surface area (Å²) in [4.78, 5) is 27.7. The Labute approximate surface area is 188 Å². The van der Waals surface area contributed by atoms with E-state index in [1.807, 2.05) is 0 Å². The summed E-state index contributed by atoms with van der Waals surface area (Å²) < 4.78 is 46.2. The number of halogens is 3. The van der Waals surface area contributed by atoms with Crippen LogP contribution >= 0.6 is 0 Å². The number of amides is 2. The molecule has 0 radical (unpaired) electrons. The fourth-order valence-corrected chi connectivity index (χ4v) is 4.07. The van der Waals surface area contributed by atoms with Gasteiger partial charge in [-0.15, -0.1) is 0 Å². The summed E-state index contributed by atoms with van der Waals surface area (Å²) in [5.74, 6) is -3.01. The van der Waals surface area contributed by atoms with Crippen LogP contribution in [0.15, 0.2) is 66.7 Å². The Hall–Kier alpha value is -3.81. The van der Waals surface area contributed by atoms with Gasteiger partial charge in [0.05, 0.1) is 24.8 Å². The number of hydrogen-bond donors (Lipinski definition) is 1. The fourth-order valence-electron chi connectivity index (χ4n) is 4.07. The number of nitrogens with zero attached hydrogens (tertiary/aromatic N) is 1. The number of rotatable bonds is 5. The third-order valence-corrected chi connectivity index (χ3v) is 5.69. The molecule has 2 atom stereocenters. The Kier molecular flexibility index (Phi) is 6.35. The number of carbonyl (C=O) groups is 2. The Morgan fingerprint density at radius 3 is 2.27 bits per heavy atom. The molecule has 1 N–H and O–H groups in total. The van der Waals surface area contributed by atoms with Crippen LogP contribution in [0.25, 0.3) is 0 Å². The second-order valence-corrected chi connectivity index (χ2v) is 7.72. The summed E-state index contributed by atoms with van der Waals surface area (Å²) in [7, 11) is 1.53. The van der Waals surface area contributed by atoms with Gasteiger partial charge in [0.15, 0.2) is 0 Å². The van der Waals surface area contributed by atoms with Crippen molar-refractivity contribution in [2.45, 2.75) is 18.9 Å². The Morgan fingerprint density at radius 1 is 0.970 bits per heavy atom. The molecule has 3 aromatic carbocycles.